The van der Waals surface area contributed by atoms with E-state index in [9.17, 15) is 9.59 Å². The Morgan fingerprint density at radius 2 is 1.68 bits per heavy atom. The largest absolute Gasteiger partial charge is 0.444 e. The fourth-order valence-electron chi connectivity index (χ4n) is 2.99. The highest BCUT2D eigenvalue weighted by Gasteiger charge is 2.24. The highest BCUT2D eigenvalue weighted by molar-refractivity contribution is 5.78. The van der Waals surface area contributed by atoms with Crippen LogP contribution in [-0.2, 0) is 19.0 Å². The standard InChI is InChI=1S/C19H35NO5/c1-19(2,3)25-18(22)20-16-8-5-15(6-9-16)7-10-17(21)11-12-24-14-13-23-4/h15-16H,5-14H2,1-4H3,(H,20,22). The van der Waals surface area contributed by atoms with Gasteiger partial charge >= 0.3 is 6.09 Å². The van der Waals surface area contributed by atoms with Crippen LogP contribution in [0.3, 0.4) is 0 Å². The Morgan fingerprint density at radius 1 is 1.00 bits per heavy atom. The summed E-state index contributed by atoms with van der Waals surface area (Å²) in [4.78, 5) is 23.7. The van der Waals surface area contributed by atoms with Gasteiger partial charge in [-0.15, -0.1) is 0 Å². The number of amides is 1. The van der Waals surface area contributed by atoms with E-state index in [1.54, 1.807) is 7.11 Å². The number of Topliss-reactive ketones (excluding diaryl/α,β-unsaturated/α-hetero) is 1. The topological polar surface area (TPSA) is 73.9 Å². The minimum Gasteiger partial charge on any atom is -0.444 e. The van der Waals surface area contributed by atoms with E-state index >= 15 is 0 Å². The number of carbonyl (C=O) groups excluding carboxylic acids is 2. The van der Waals surface area contributed by atoms with Crippen molar-refractivity contribution in [3.8, 4) is 0 Å². The summed E-state index contributed by atoms with van der Waals surface area (Å²) >= 11 is 0. The summed E-state index contributed by atoms with van der Waals surface area (Å²) in [5.41, 5.74) is -0.463. The number of hydrogen-bond donors (Lipinski definition) is 1. The van der Waals surface area contributed by atoms with Crippen molar-refractivity contribution < 1.29 is 23.8 Å². The molecule has 1 N–H and O–H groups in total. The lowest BCUT2D eigenvalue weighted by Crippen LogP contribution is -2.40. The second-order valence-corrected chi connectivity index (χ2v) is 7.80. The van der Waals surface area contributed by atoms with Gasteiger partial charge in [0, 0.05) is 26.0 Å². The molecule has 1 rings (SSSR count). The second kappa shape index (κ2) is 11.5. The molecule has 1 amide bonds. The Bertz CT molecular complexity index is 397. The van der Waals surface area contributed by atoms with Crippen molar-refractivity contribution in [3.63, 3.8) is 0 Å². The molecule has 0 radical (unpaired) electrons. The molecular weight excluding hydrogens is 322 g/mol. The Kier molecular flexibility index (Phi) is 10.0. The maximum absolute atomic E-state index is 11.9. The van der Waals surface area contributed by atoms with Gasteiger partial charge in [0.2, 0.25) is 0 Å². The molecule has 0 bridgehead atoms. The molecule has 6 nitrogen and oxygen atoms in total. The first-order valence-corrected chi connectivity index (χ1v) is 9.38. The molecule has 0 spiro atoms. The van der Waals surface area contributed by atoms with Crippen molar-refractivity contribution in [2.45, 2.75) is 77.4 Å². The Morgan fingerprint density at radius 3 is 2.28 bits per heavy atom. The molecule has 1 aliphatic carbocycles. The third kappa shape index (κ3) is 11.2. The predicted molar refractivity (Wildman–Crippen MR) is 96.7 cm³/mol. The number of rotatable bonds is 10. The Balaban J connectivity index is 2.10. The van der Waals surface area contributed by atoms with Crippen LogP contribution in [0.5, 0.6) is 0 Å². The van der Waals surface area contributed by atoms with Gasteiger partial charge in [-0.05, 0) is 58.8 Å². The molecule has 0 aliphatic heterocycles. The number of alkyl carbamates (subject to hydrolysis) is 1. The van der Waals surface area contributed by atoms with Gasteiger partial charge in [0.25, 0.3) is 0 Å². The second-order valence-electron chi connectivity index (χ2n) is 7.80. The smallest absolute Gasteiger partial charge is 0.407 e. The van der Waals surface area contributed by atoms with Crippen LogP contribution in [0.15, 0.2) is 0 Å². The number of nitrogens with one attached hydrogen (secondary N) is 1. The zero-order valence-electron chi connectivity index (χ0n) is 16.3. The zero-order valence-corrected chi connectivity index (χ0v) is 16.3. The van der Waals surface area contributed by atoms with Crippen molar-refractivity contribution in [3.05, 3.63) is 0 Å². The molecule has 0 aromatic rings. The van der Waals surface area contributed by atoms with E-state index in [2.05, 4.69) is 5.32 Å². The molecule has 25 heavy (non-hydrogen) atoms. The molecule has 1 fully saturated rings. The van der Waals surface area contributed by atoms with Gasteiger partial charge in [0.1, 0.15) is 11.4 Å². The van der Waals surface area contributed by atoms with E-state index in [-0.39, 0.29) is 17.9 Å². The summed E-state index contributed by atoms with van der Waals surface area (Å²) in [5, 5.41) is 2.95. The van der Waals surface area contributed by atoms with Gasteiger partial charge in [0.15, 0.2) is 0 Å². The summed E-state index contributed by atoms with van der Waals surface area (Å²) in [7, 11) is 1.63. The van der Waals surface area contributed by atoms with Crippen LogP contribution in [0, 0.1) is 5.92 Å². The summed E-state index contributed by atoms with van der Waals surface area (Å²) in [6, 6.07) is 0.191. The SMILES string of the molecule is COCCOCCC(=O)CCC1CCC(NC(=O)OC(C)(C)C)CC1. The van der Waals surface area contributed by atoms with Crippen LogP contribution in [0.2, 0.25) is 0 Å². The van der Waals surface area contributed by atoms with E-state index in [1.807, 2.05) is 20.8 Å². The number of carbonyl (C=O) groups is 2. The fraction of sp³-hybridized carbons (Fsp3) is 0.895. The van der Waals surface area contributed by atoms with Crippen LogP contribution in [0.4, 0.5) is 4.79 Å². The molecular formula is C19H35NO5. The summed E-state index contributed by atoms with van der Waals surface area (Å²) in [6.07, 6.45) is 5.74. The highest BCUT2D eigenvalue weighted by atomic mass is 16.6. The lowest BCUT2D eigenvalue weighted by Gasteiger charge is -2.30. The molecule has 0 unspecified atom stereocenters. The summed E-state index contributed by atoms with van der Waals surface area (Å²) < 4.78 is 15.5. The van der Waals surface area contributed by atoms with Gasteiger partial charge in [-0.25, -0.2) is 4.79 Å². The monoisotopic (exact) mass is 357 g/mol. The lowest BCUT2D eigenvalue weighted by atomic mass is 9.83. The molecule has 0 aromatic heterocycles. The maximum atomic E-state index is 11.9. The van der Waals surface area contributed by atoms with Gasteiger partial charge in [-0.2, -0.15) is 0 Å². The predicted octanol–water partition coefficient (Wildman–Crippen LogP) is 3.47. The molecule has 0 atom stereocenters. The molecule has 0 saturated heterocycles. The van der Waals surface area contributed by atoms with Crippen LogP contribution in [0.25, 0.3) is 0 Å². The van der Waals surface area contributed by atoms with Crippen LogP contribution < -0.4 is 5.32 Å². The quantitative estimate of drug-likeness (QED) is 0.606. The van der Waals surface area contributed by atoms with Crippen molar-refractivity contribution >= 4 is 11.9 Å². The first-order valence-electron chi connectivity index (χ1n) is 9.38. The van der Waals surface area contributed by atoms with E-state index in [0.717, 1.165) is 32.1 Å². The zero-order chi connectivity index (χ0) is 18.7. The number of hydrogen-bond acceptors (Lipinski definition) is 5. The number of ether oxygens (including phenoxy) is 3. The molecule has 1 aliphatic rings. The van der Waals surface area contributed by atoms with Crippen molar-refractivity contribution in [1.82, 2.24) is 5.32 Å². The Labute approximate surface area is 152 Å². The summed E-state index contributed by atoms with van der Waals surface area (Å²) in [5.74, 6) is 0.849. The highest BCUT2D eigenvalue weighted by Crippen LogP contribution is 2.28. The summed E-state index contributed by atoms with van der Waals surface area (Å²) in [6.45, 7) is 7.18. The van der Waals surface area contributed by atoms with E-state index in [1.165, 1.54) is 0 Å². The molecule has 0 aromatic carbocycles. The van der Waals surface area contributed by atoms with E-state index in [4.69, 9.17) is 14.2 Å². The van der Waals surface area contributed by atoms with Crippen molar-refractivity contribution in [2.75, 3.05) is 26.9 Å². The van der Waals surface area contributed by atoms with Gasteiger partial charge in [-0.3, -0.25) is 4.79 Å². The van der Waals surface area contributed by atoms with Gasteiger partial charge in [0.05, 0.1) is 19.8 Å². The van der Waals surface area contributed by atoms with Crippen LogP contribution in [-0.4, -0.2) is 50.4 Å². The minimum absolute atomic E-state index is 0.191. The van der Waals surface area contributed by atoms with Crippen LogP contribution >= 0.6 is 0 Å². The molecule has 1 saturated carbocycles. The third-order valence-corrected chi connectivity index (χ3v) is 4.36. The van der Waals surface area contributed by atoms with Crippen LogP contribution in [0.1, 0.15) is 65.7 Å². The average molecular weight is 357 g/mol. The first-order chi connectivity index (χ1) is 11.8. The van der Waals surface area contributed by atoms with E-state index in [0.29, 0.717) is 38.6 Å². The molecule has 146 valence electrons. The Hall–Kier alpha value is -1.14. The van der Waals surface area contributed by atoms with Gasteiger partial charge < -0.3 is 19.5 Å². The first kappa shape index (κ1) is 21.9. The minimum atomic E-state index is -0.463. The van der Waals surface area contributed by atoms with Gasteiger partial charge in [-0.1, -0.05) is 0 Å². The lowest BCUT2D eigenvalue weighted by molar-refractivity contribution is -0.120. The van der Waals surface area contributed by atoms with E-state index < -0.39 is 5.60 Å². The number of methoxy groups -OCH3 is 1. The molecule has 6 heteroatoms. The van der Waals surface area contributed by atoms with Crippen molar-refractivity contribution in [1.29, 1.82) is 0 Å². The number of ketones is 1. The average Bonchev–Trinajstić information content (AvgIpc) is 2.52. The van der Waals surface area contributed by atoms with Crippen molar-refractivity contribution in [2.24, 2.45) is 5.92 Å². The molecule has 0 heterocycles. The maximum Gasteiger partial charge on any atom is 0.407 e. The normalized spacial score (nSPS) is 21.0. The third-order valence-electron chi connectivity index (χ3n) is 4.36. The fourth-order valence-corrected chi connectivity index (χ4v) is 2.99.